The van der Waals surface area contributed by atoms with Crippen molar-refractivity contribution in [3.8, 4) is 61.7 Å². The van der Waals surface area contributed by atoms with Gasteiger partial charge in [0.25, 0.3) is 0 Å². The van der Waals surface area contributed by atoms with Gasteiger partial charge in [0.05, 0.1) is 0 Å². The van der Waals surface area contributed by atoms with Gasteiger partial charge in [-0.2, -0.15) is 0 Å². The fourth-order valence-corrected chi connectivity index (χ4v) is 5.10. The van der Waals surface area contributed by atoms with Crippen LogP contribution >= 0.6 is 0 Å². The van der Waals surface area contributed by atoms with Gasteiger partial charge in [0.2, 0.25) is 0 Å². The number of terminal acetylenes is 5. The number of hydrogen-bond acceptors (Lipinski definition) is 0. The zero-order valence-electron chi connectivity index (χ0n) is 15.8. The highest BCUT2D eigenvalue weighted by atomic mass is 14.3. The van der Waals surface area contributed by atoms with Crippen LogP contribution in [0.25, 0.3) is 53.9 Å². The maximum Gasteiger partial charge on any atom is 0.0328 e. The molecule has 0 aliphatic rings. The Labute approximate surface area is 173 Å². The van der Waals surface area contributed by atoms with E-state index in [2.05, 4.69) is 29.6 Å². The van der Waals surface area contributed by atoms with E-state index in [0.29, 0.717) is 0 Å². The third-order valence-corrected chi connectivity index (χ3v) is 6.27. The van der Waals surface area contributed by atoms with Crippen molar-refractivity contribution >= 4 is 53.9 Å². The Morgan fingerprint density at radius 2 is 0.500 bits per heavy atom. The van der Waals surface area contributed by atoms with Gasteiger partial charge in [-0.05, 0) is 57.3 Å². The van der Waals surface area contributed by atoms with Gasteiger partial charge < -0.3 is 0 Å². The van der Waals surface area contributed by atoms with Gasteiger partial charge in [0.15, 0.2) is 0 Å². The second-order valence-electron chi connectivity index (χ2n) is 7.46. The molecule has 0 heteroatoms. The molecule has 6 rings (SSSR count). The Morgan fingerprint density at radius 3 is 0.633 bits per heavy atom. The minimum absolute atomic E-state index is 0.769. The highest BCUT2D eigenvalue weighted by Gasteiger charge is 2.26. The highest BCUT2D eigenvalue weighted by molar-refractivity contribution is 6.46. The third kappa shape index (κ3) is 1.58. The van der Waals surface area contributed by atoms with Crippen molar-refractivity contribution in [1.29, 1.82) is 0 Å². The first-order valence-corrected chi connectivity index (χ1v) is 9.33. The molecule has 0 nitrogen and oxygen atoms in total. The Morgan fingerprint density at radius 1 is 0.333 bits per heavy atom. The average molecular weight is 370 g/mol. The molecule has 0 heterocycles. The third-order valence-electron chi connectivity index (χ3n) is 6.27. The molecule has 0 saturated carbocycles. The lowest BCUT2D eigenvalue weighted by Gasteiger charge is -2.10. The summed E-state index contributed by atoms with van der Waals surface area (Å²) in [5.41, 5.74) is 3.85. The van der Waals surface area contributed by atoms with Crippen molar-refractivity contribution in [2.45, 2.75) is 0 Å². The summed E-state index contributed by atoms with van der Waals surface area (Å²) in [6, 6.07) is 9.93. The second-order valence-corrected chi connectivity index (χ2v) is 7.46. The maximum atomic E-state index is 5.89. The predicted molar refractivity (Wildman–Crippen MR) is 127 cm³/mol. The minimum atomic E-state index is 0.769. The molecular formula is C30H10. The summed E-state index contributed by atoms with van der Waals surface area (Å²) in [5, 5.41) is 10.2. The van der Waals surface area contributed by atoms with Crippen molar-refractivity contribution in [2.75, 3.05) is 0 Å². The van der Waals surface area contributed by atoms with Gasteiger partial charge in [-0.25, -0.2) is 0 Å². The van der Waals surface area contributed by atoms with Crippen molar-refractivity contribution < 1.29 is 0 Å². The minimum Gasteiger partial charge on any atom is -0.115 e. The number of hydrogen-bond donors (Lipinski definition) is 0. The normalized spacial score (nSPS) is 11.2. The van der Waals surface area contributed by atoms with Gasteiger partial charge in [-0.3, -0.25) is 0 Å². The molecule has 0 fully saturated rings. The van der Waals surface area contributed by atoms with Crippen LogP contribution in [-0.2, 0) is 0 Å². The zero-order chi connectivity index (χ0) is 20.7. The van der Waals surface area contributed by atoms with Crippen LogP contribution in [0, 0.1) is 61.7 Å². The summed E-state index contributed by atoms with van der Waals surface area (Å²) in [7, 11) is 0. The quantitative estimate of drug-likeness (QED) is 0.239. The summed E-state index contributed by atoms with van der Waals surface area (Å²) in [6.07, 6.45) is 29.5. The van der Waals surface area contributed by atoms with E-state index in [0.717, 1.165) is 81.7 Å². The smallest absolute Gasteiger partial charge is 0.0328 e. The van der Waals surface area contributed by atoms with E-state index in [9.17, 15) is 0 Å². The summed E-state index contributed by atoms with van der Waals surface area (Å²) in [6.45, 7) is 0. The van der Waals surface area contributed by atoms with E-state index >= 15 is 0 Å². The van der Waals surface area contributed by atoms with Crippen molar-refractivity contribution in [3.05, 3.63) is 58.1 Å². The van der Waals surface area contributed by atoms with Crippen LogP contribution in [-0.4, -0.2) is 0 Å². The lowest BCUT2D eigenvalue weighted by molar-refractivity contribution is 1.75. The molecule has 0 atom stereocenters. The topological polar surface area (TPSA) is 0 Å². The van der Waals surface area contributed by atoms with Gasteiger partial charge >= 0.3 is 0 Å². The fraction of sp³-hybridized carbons (Fsp3) is 0. The molecule has 6 aromatic carbocycles. The SMILES string of the molecule is C#Cc1cc2c(C#C)cc3c(C#C)cc4c(C#C)cc5c(C#C)cc1c1c5c4c3c21. The standard InChI is InChI=1S/C30H10/c1-6-16-11-22-18(8-3)13-24-20(10-5)15-25-19(9-4)14-23-17(7-2)12-21(16)26-27(22)29(24)30(25)28(23)26/h1-5,11-15H. The van der Waals surface area contributed by atoms with Gasteiger partial charge in [-0.15, -0.1) is 32.1 Å². The molecule has 0 N–H and O–H groups in total. The molecule has 0 saturated heterocycles. The Kier molecular flexibility index (Phi) is 2.79. The van der Waals surface area contributed by atoms with Crippen LogP contribution in [0.2, 0.25) is 0 Å². The summed E-state index contributed by atoms with van der Waals surface area (Å²) in [5.74, 6) is 14.1. The summed E-state index contributed by atoms with van der Waals surface area (Å²) < 4.78 is 0. The first-order chi connectivity index (χ1) is 14.7. The highest BCUT2D eigenvalue weighted by Crippen LogP contribution is 2.51. The number of rotatable bonds is 0. The van der Waals surface area contributed by atoms with Crippen molar-refractivity contribution in [2.24, 2.45) is 0 Å². The molecule has 0 aliphatic carbocycles. The first kappa shape index (κ1) is 16.2. The Hall–Kier alpha value is -4.80. The molecule has 0 spiro atoms. The van der Waals surface area contributed by atoms with Crippen LogP contribution in [0.5, 0.6) is 0 Å². The molecule has 0 radical (unpaired) electrons. The molecule has 30 heavy (non-hydrogen) atoms. The van der Waals surface area contributed by atoms with Crippen molar-refractivity contribution in [3.63, 3.8) is 0 Å². The molecule has 130 valence electrons. The molecule has 6 aromatic rings. The molecule has 0 aromatic heterocycles. The molecular weight excluding hydrogens is 360 g/mol. The average Bonchev–Trinajstić information content (AvgIpc) is 3.15. The predicted octanol–water partition coefficient (Wildman–Crippen LogP) is 5.67. The van der Waals surface area contributed by atoms with E-state index < -0.39 is 0 Å². The Balaban J connectivity index is 2.18. The van der Waals surface area contributed by atoms with Crippen LogP contribution < -0.4 is 0 Å². The van der Waals surface area contributed by atoms with E-state index in [1.54, 1.807) is 0 Å². The van der Waals surface area contributed by atoms with Crippen LogP contribution in [0.4, 0.5) is 0 Å². The molecule has 0 amide bonds. The van der Waals surface area contributed by atoms with E-state index in [1.807, 2.05) is 30.3 Å². The van der Waals surface area contributed by atoms with E-state index in [1.165, 1.54) is 0 Å². The van der Waals surface area contributed by atoms with E-state index in [-0.39, 0.29) is 0 Å². The molecule has 0 bridgehead atoms. The van der Waals surface area contributed by atoms with Gasteiger partial charge in [0.1, 0.15) is 0 Å². The zero-order valence-corrected chi connectivity index (χ0v) is 15.8. The van der Waals surface area contributed by atoms with Crippen LogP contribution in [0.3, 0.4) is 0 Å². The largest absolute Gasteiger partial charge is 0.115 e. The van der Waals surface area contributed by atoms with Gasteiger partial charge in [0, 0.05) is 54.7 Å². The van der Waals surface area contributed by atoms with E-state index in [4.69, 9.17) is 32.1 Å². The summed E-state index contributed by atoms with van der Waals surface area (Å²) >= 11 is 0. The lowest BCUT2D eigenvalue weighted by Crippen LogP contribution is -1.89. The Bertz CT molecular complexity index is 1570. The second kappa shape index (κ2) is 5.17. The fourth-order valence-electron chi connectivity index (χ4n) is 5.10. The van der Waals surface area contributed by atoms with Gasteiger partial charge in [-0.1, -0.05) is 29.6 Å². The molecule has 0 unspecified atom stereocenters. The maximum absolute atomic E-state index is 5.89. The lowest BCUT2D eigenvalue weighted by atomic mass is 9.91. The first-order valence-electron chi connectivity index (χ1n) is 9.33. The number of benzene rings is 5. The molecule has 0 aliphatic heterocycles. The van der Waals surface area contributed by atoms with Crippen LogP contribution in [0.15, 0.2) is 30.3 Å². The summed E-state index contributed by atoms with van der Waals surface area (Å²) in [4.78, 5) is 0. The monoisotopic (exact) mass is 370 g/mol. The van der Waals surface area contributed by atoms with Crippen LogP contribution in [0.1, 0.15) is 27.8 Å². The van der Waals surface area contributed by atoms with Crippen molar-refractivity contribution in [1.82, 2.24) is 0 Å².